The summed E-state index contributed by atoms with van der Waals surface area (Å²) in [6.07, 6.45) is 3.38. The largest absolute Gasteiger partial charge is 0.381 e. The van der Waals surface area contributed by atoms with E-state index in [4.69, 9.17) is 9.47 Å². The molecular weight excluding hydrogens is 358 g/mol. The van der Waals surface area contributed by atoms with Gasteiger partial charge in [0.25, 0.3) is 5.56 Å². The van der Waals surface area contributed by atoms with Crippen LogP contribution in [0.25, 0.3) is 10.9 Å². The average Bonchev–Trinajstić information content (AvgIpc) is 3.20. The molecule has 1 aromatic carbocycles. The zero-order valence-electron chi connectivity index (χ0n) is 16.4. The molecule has 2 aliphatic rings. The fraction of sp³-hybridized carbons (Fsp3) is 0.524. The highest BCUT2D eigenvalue weighted by Crippen LogP contribution is 2.34. The first-order chi connectivity index (χ1) is 13.6. The monoisotopic (exact) mass is 385 g/mol. The minimum absolute atomic E-state index is 0.0195. The summed E-state index contributed by atoms with van der Waals surface area (Å²) in [5, 5.41) is 3.97. The van der Waals surface area contributed by atoms with Gasteiger partial charge in [0.2, 0.25) is 0 Å². The van der Waals surface area contributed by atoms with Crippen molar-refractivity contribution in [2.75, 3.05) is 32.2 Å². The third kappa shape index (κ3) is 3.52. The van der Waals surface area contributed by atoms with Crippen molar-refractivity contribution in [1.29, 1.82) is 0 Å². The van der Waals surface area contributed by atoms with Gasteiger partial charge in [0, 0.05) is 38.4 Å². The molecule has 1 aromatic heterocycles. The van der Waals surface area contributed by atoms with E-state index >= 15 is 0 Å². The van der Waals surface area contributed by atoms with E-state index in [1.807, 2.05) is 23.1 Å². The van der Waals surface area contributed by atoms with Gasteiger partial charge < -0.3 is 24.3 Å². The van der Waals surface area contributed by atoms with Crippen molar-refractivity contribution in [2.24, 2.45) is 13.0 Å². The SMILES string of the molecule is COC1CCCC1C1COCCN1C(=O)Nc1ccc2ccc(=O)n(C)c2c1. The minimum Gasteiger partial charge on any atom is -0.381 e. The van der Waals surface area contributed by atoms with Crippen molar-refractivity contribution in [2.45, 2.75) is 31.4 Å². The van der Waals surface area contributed by atoms with Gasteiger partial charge in [-0.1, -0.05) is 12.5 Å². The van der Waals surface area contributed by atoms with Crippen LogP contribution in [0.5, 0.6) is 0 Å². The summed E-state index contributed by atoms with van der Waals surface area (Å²) in [4.78, 5) is 26.9. The number of amides is 2. The van der Waals surface area contributed by atoms with Gasteiger partial charge in [0.1, 0.15) is 0 Å². The Morgan fingerprint density at radius 3 is 2.89 bits per heavy atom. The average molecular weight is 385 g/mol. The van der Waals surface area contributed by atoms with Crippen molar-refractivity contribution in [1.82, 2.24) is 9.47 Å². The Morgan fingerprint density at radius 2 is 2.07 bits per heavy atom. The number of urea groups is 1. The van der Waals surface area contributed by atoms with Gasteiger partial charge in [-0.2, -0.15) is 0 Å². The van der Waals surface area contributed by atoms with Crippen molar-refractivity contribution >= 4 is 22.6 Å². The van der Waals surface area contributed by atoms with Crippen LogP contribution in [0.2, 0.25) is 0 Å². The number of nitrogens with one attached hydrogen (secondary N) is 1. The van der Waals surface area contributed by atoms with Crippen LogP contribution in [0.4, 0.5) is 10.5 Å². The predicted octanol–water partition coefficient (Wildman–Crippen LogP) is 2.59. The number of carbonyl (C=O) groups excluding carboxylic acids is 1. The molecule has 2 fully saturated rings. The second kappa shape index (κ2) is 7.93. The highest BCUT2D eigenvalue weighted by atomic mass is 16.5. The standard InChI is InChI=1S/C21H27N3O4/c1-23-17-12-15(8-6-14(17)7-9-20(23)25)22-21(26)24-10-11-28-13-18(24)16-4-3-5-19(16)27-2/h6-9,12,16,18-19H,3-5,10-11,13H2,1-2H3,(H,22,26). The molecule has 1 aliphatic carbocycles. The number of anilines is 1. The molecule has 2 aromatic rings. The molecule has 150 valence electrons. The third-order valence-electron chi connectivity index (χ3n) is 6.11. The van der Waals surface area contributed by atoms with E-state index in [-0.39, 0.29) is 23.7 Å². The summed E-state index contributed by atoms with van der Waals surface area (Å²) >= 11 is 0. The number of aryl methyl sites for hydroxylation is 1. The maximum absolute atomic E-state index is 13.1. The summed E-state index contributed by atoms with van der Waals surface area (Å²) in [5.41, 5.74) is 1.40. The van der Waals surface area contributed by atoms with Gasteiger partial charge in [-0.3, -0.25) is 4.79 Å². The number of pyridine rings is 1. The van der Waals surface area contributed by atoms with Crippen LogP contribution < -0.4 is 10.9 Å². The first-order valence-corrected chi connectivity index (χ1v) is 9.86. The zero-order chi connectivity index (χ0) is 19.7. The topological polar surface area (TPSA) is 72.8 Å². The Morgan fingerprint density at radius 1 is 1.25 bits per heavy atom. The van der Waals surface area contributed by atoms with E-state index in [0.29, 0.717) is 31.4 Å². The lowest BCUT2D eigenvalue weighted by molar-refractivity contribution is -0.0379. The number of ether oxygens (including phenoxy) is 2. The van der Waals surface area contributed by atoms with Crippen LogP contribution in [-0.4, -0.2) is 54.5 Å². The number of fused-ring (bicyclic) bond motifs is 1. The number of benzene rings is 1. The molecular formula is C21H27N3O4. The molecule has 1 saturated heterocycles. The number of aromatic nitrogens is 1. The summed E-state index contributed by atoms with van der Waals surface area (Å²) in [5.74, 6) is 0.300. The molecule has 1 aliphatic heterocycles. The number of morpholine rings is 1. The van der Waals surface area contributed by atoms with Gasteiger partial charge in [0.05, 0.1) is 30.9 Å². The van der Waals surface area contributed by atoms with Crippen molar-refractivity contribution < 1.29 is 14.3 Å². The molecule has 4 rings (SSSR count). The van der Waals surface area contributed by atoms with E-state index < -0.39 is 0 Å². The smallest absolute Gasteiger partial charge is 0.322 e. The van der Waals surface area contributed by atoms with Crippen LogP contribution >= 0.6 is 0 Å². The number of hydrogen-bond donors (Lipinski definition) is 1. The van der Waals surface area contributed by atoms with E-state index in [1.54, 1.807) is 30.9 Å². The maximum Gasteiger partial charge on any atom is 0.322 e. The first kappa shape index (κ1) is 19.0. The molecule has 1 saturated carbocycles. The summed E-state index contributed by atoms with van der Waals surface area (Å²) in [6.45, 7) is 1.65. The summed E-state index contributed by atoms with van der Waals surface area (Å²) < 4.78 is 12.9. The van der Waals surface area contributed by atoms with Gasteiger partial charge in [-0.25, -0.2) is 4.79 Å². The molecule has 3 unspecified atom stereocenters. The van der Waals surface area contributed by atoms with Gasteiger partial charge in [0.15, 0.2) is 0 Å². The second-order valence-corrected chi connectivity index (χ2v) is 7.64. The Bertz CT molecular complexity index is 925. The van der Waals surface area contributed by atoms with Crippen LogP contribution in [0.15, 0.2) is 35.1 Å². The lowest BCUT2D eigenvalue weighted by atomic mass is 9.94. The molecule has 0 bridgehead atoms. The fourth-order valence-corrected chi connectivity index (χ4v) is 4.56. The quantitative estimate of drug-likeness (QED) is 0.881. The molecule has 7 heteroatoms. The van der Waals surface area contributed by atoms with E-state index in [1.165, 1.54) is 0 Å². The summed E-state index contributed by atoms with van der Waals surface area (Å²) in [7, 11) is 3.48. The van der Waals surface area contributed by atoms with Crippen molar-refractivity contribution in [3.05, 3.63) is 40.7 Å². The fourth-order valence-electron chi connectivity index (χ4n) is 4.56. The third-order valence-corrected chi connectivity index (χ3v) is 6.11. The molecule has 7 nitrogen and oxygen atoms in total. The van der Waals surface area contributed by atoms with Crippen LogP contribution in [0.1, 0.15) is 19.3 Å². The molecule has 2 amide bonds. The highest BCUT2D eigenvalue weighted by molar-refractivity contribution is 5.92. The van der Waals surface area contributed by atoms with Gasteiger partial charge in [-0.05, 0) is 36.4 Å². The Hall–Kier alpha value is -2.38. The first-order valence-electron chi connectivity index (χ1n) is 9.86. The molecule has 0 spiro atoms. The van der Waals surface area contributed by atoms with Gasteiger partial charge in [-0.15, -0.1) is 0 Å². The molecule has 28 heavy (non-hydrogen) atoms. The van der Waals surface area contributed by atoms with Crippen molar-refractivity contribution in [3.8, 4) is 0 Å². The Kier molecular flexibility index (Phi) is 5.37. The number of methoxy groups -OCH3 is 1. The minimum atomic E-state index is -0.129. The number of rotatable bonds is 3. The zero-order valence-corrected chi connectivity index (χ0v) is 16.4. The van der Waals surface area contributed by atoms with E-state index in [9.17, 15) is 9.59 Å². The van der Waals surface area contributed by atoms with E-state index in [2.05, 4.69) is 5.32 Å². The van der Waals surface area contributed by atoms with Crippen LogP contribution in [0, 0.1) is 5.92 Å². The van der Waals surface area contributed by atoms with Gasteiger partial charge >= 0.3 is 6.03 Å². The van der Waals surface area contributed by atoms with Crippen LogP contribution in [0.3, 0.4) is 0 Å². The molecule has 1 N–H and O–H groups in total. The second-order valence-electron chi connectivity index (χ2n) is 7.64. The Balaban J connectivity index is 1.55. The number of nitrogens with zero attached hydrogens (tertiary/aromatic N) is 2. The van der Waals surface area contributed by atoms with Crippen molar-refractivity contribution in [3.63, 3.8) is 0 Å². The maximum atomic E-state index is 13.1. The lowest BCUT2D eigenvalue weighted by Gasteiger charge is -2.40. The van der Waals surface area contributed by atoms with E-state index in [0.717, 1.165) is 30.2 Å². The van der Waals surface area contributed by atoms with Crippen LogP contribution in [-0.2, 0) is 16.5 Å². The summed E-state index contributed by atoms with van der Waals surface area (Å²) in [6, 6.07) is 8.87. The Labute approximate surface area is 164 Å². The normalized spacial score (nSPS) is 25.2. The molecule has 0 radical (unpaired) electrons. The number of carbonyl (C=O) groups is 1. The highest BCUT2D eigenvalue weighted by Gasteiger charge is 2.40. The number of hydrogen-bond acceptors (Lipinski definition) is 4. The lowest BCUT2D eigenvalue weighted by Crippen LogP contribution is -2.55. The predicted molar refractivity (Wildman–Crippen MR) is 108 cm³/mol. The molecule has 2 heterocycles. The molecule has 3 atom stereocenters.